The maximum atomic E-state index is 2.64. The van der Waals surface area contributed by atoms with Gasteiger partial charge in [0.15, 0.2) is 0 Å². The Balaban J connectivity index is 2.15. The molecule has 1 aromatic carbocycles. The van der Waals surface area contributed by atoms with Gasteiger partial charge in [-0.1, -0.05) is 31.5 Å². The third-order valence-corrected chi connectivity index (χ3v) is 4.05. The van der Waals surface area contributed by atoms with E-state index in [1.807, 2.05) is 0 Å². The van der Waals surface area contributed by atoms with Gasteiger partial charge in [0.2, 0.25) is 0 Å². The van der Waals surface area contributed by atoms with Crippen molar-refractivity contribution in [1.82, 2.24) is 4.90 Å². The fraction of sp³-hybridized carbons (Fsp3) is 0.647. The number of rotatable bonds is 6. The van der Waals surface area contributed by atoms with Crippen molar-refractivity contribution in [2.45, 2.75) is 45.1 Å². The summed E-state index contributed by atoms with van der Waals surface area (Å²) in [6.45, 7) is 4.66. The molecule has 0 saturated carbocycles. The Morgan fingerprint density at radius 3 is 2.79 bits per heavy atom. The predicted molar refractivity (Wildman–Crippen MR) is 84.0 cm³/mol. The van der Waals surface area contributed by atoms with Crippen LogP contribution in [0.4, 0.5) is 5.69 Å². The number of nitrogens with zero attached hydrogens (tertiary/aromatic N) is 2. The van der Waals surface area contributed by atoms with Gasteiger partial charge in [0, 0.05) is 24.8 Å². The fourth-order valence-electron chi connectivity index (χ4n) is 3.13. The highest BCUT2D eigenvalue weighted by atomic mass is 15.2. The molecule has 0 aliphatic carbocycles. The van der Waals surface area contributed by atoms with E-state index in [9.17, 15) is 0 Å². The summed E-state index contributed by atoms with van der Waals surface area (Å²) in [5.74, 6) is 0. The van der Waals surface area contributed by atoms with Crippen LogP contribution < -0.4 is 4.90 Å². The first-order chi connectivity index (χ1) is 9.22. The zero-order valence-electron chi connectivity index (χ0n) is 12.7. The molecular weight excluding hydrogens is 232 g/mol. The lowest BCUT2D eigenvalue weighted by Crippen LogP contribution is -2.38. The zero-order valence-corrected chi connectivity index (χ0v) is 12.7. The molecule has 1 atom stereocenters. The Labute approximate surface area is 118 Å². The molecule has 1 fully saturated rings. The molecule has 106 valence electrons. The highest BCUT2D eigenvalue weighted by Crippen LogP contribution is 2.29. The maximum Gasteiger partial charge on any atom is 0.0417 e. The molecule has 1 saturated heterocycles. The molecule has 0 spiro atoms. The summed E-state index contributed by atoms with van der Waals surface area (Å²) in [4.78, 5) is 4.96. The van der Waals surface area contributed by atoms with E-state index in [1.165, 1.54) is 56.4 Å². The quantitative estimate of drug-likeness (QED) is 0.771. The molecule has 0 amide bonds. The Morgan fingerprint density at radius 1 is 1.26 bits per heavy atom. The van der Waals surface area contributed by atoms with Gasteiger partial charge in [0.1, 0.15) is 0 Å². The van der Waals surface area contributed by atoms with Crippen molar-refractivity contribution in [3.05, 3.63) is 29.8 Å². The topological polar surface area (TPSA) is 6.48 Å². The minimum absolute atomic E-state index is 0.692. The van der Waals surface area contributed by atoms with E-state index in [0.29, 0.717) is 6.04 Å². The number of benzene rings is 1. The van der Waals surface area contributed by atoms with Crippen molar-refractivity contribution in [1.29, 1.82) is 0 Å². The lowest BCUT2D eigenvalue weighted by molar-refractivity contribution is 0.372. The predicted octanol–water partition coefficient (Wildman–Crippen LogP) is 3.56. The van der Waals surface area contributed by atoms with Gasteiger partial charge < -0.3 is 9.80 Å². The average Bonchev–Trinajstić information content (AvgIpc) is 2.84. The van der Waals surface area contributed by atoms with Crippen LogP contribution in [0.1, 0.15) is 38.2 Å². The summed E-state index contributed by atoms with van der Waals surface area (Å²) in [6, 6.07) is 9.70. The van der Waals surface area contributed by atoms with Crippen LogP contribution in [0.25, 0.3) is 0 Å². The first-order valence-corrected chi connectivity index (χ1v) is 7.71. The highest BCUT2D eigenvalue weighted by molar-refractivity contribution is 5.55. The van der Waals surface area contributed by atoms with E-state index in [2.05, 4.69) is 55.1 Å². The normalized spacial score (nSPS) is 19.4. The molecule has 19 heavy (non-hydrogen) atoms. The number of hydrogen-bond acceptors (Lipinski definition) is 2. The van der Waals surface area contributed by atoms with Gasteiger partial charge in [0.25, 0.3) is 0 Å². The highest BCUT2D eigenvalue weighted by Gasteiger charge is 2.26. The smallest absolute Gasteiger partial charge is 0.0417 e. The van der Waals surface area contributed by atoms with Crippen LogP contribution in [-0.4, -0.2) is 38.1 Å². The summed E-state index contributed by atoms with van der Waals surface area (Å²) >= 11 is 0. The van der Waals surface area contributed by atoms with Crippen molar-refractivity contribution >= 4 is 5.69 Å². The summed E-state index contributed by atoms with van der Waals surface area (Å²) in [7, 11) is 4.36. The molecule has 0 bridgehead atoms. The molecule has 0 N–H and O–H groups in total. The summed E-state index contributed by atoms with van der Waals surface area (Å²) in [6.07, 6.45) is 6.46. The minimum atomic E-state index is 0.692. The molecule has 2 heteroatoms. The number of hydrogen-bond donors (Lipinski definition) is 0. The zero-order chi connectivity index (χ0) is 13.7. The number of aryl methyl sites for hydroxylation is 1. The minimum Gasteiger partial charge on any atom is -0.367 e. The lowest BCUT2D eigenvalue weighted by atomic mass is 10.0. The monoisotopic (exact) mass is 260 g/mol. The van der Waals surface area contributed by atoms with Gasteiger partial charge in [0.05, 0.1) is 0 Å². The number of para-hydroxylation sites is 1. The first kappa shape index (κ1) is 14.4. The van der Waals surface area contributed by atoms with E-state index in [-0.39, 0.29) is 0 Å². The number of unbranched alkanes of at least 4 members (excludes halogenated alkanes) is 1. The molecule has 1 aromatic rings. The van der Waals surface area contributed by atoms with Crippen LogP contribution in [0.3, 0.4) is 0 Å². The van der Waals surface area contributed by atoms with Crippen molar-refractivity contribution in [2.75, 3.05) is 32.1 Å². The lowest BCUT2D eigenvalue weighted by Gasteiger charge is -2.30. The van der Waals surface area contributed by atoms with Crippen LogP contribution in [0, 0.1) is 0 Å². The van der Waals surface area contributed by atoms with E-state index >= 15 is 0 Å². The molecule has 2 rings (SSSR count). The molecule has 2 nitrogen and oxygen atoms in total. The molecule has 0 aromatic heterocycles. The van der Waals surface area contributed by atoms with Crippen molar-refractivity contribution < 1.29 is 0 Å². The third-order valence-electron chi connectivity index (χ3n) is 4.05. The standard InChI is InChI=1S/C17H28N2/c1-4-5-9-15-10-6-7-12-17(15)19-13-8-11-16(19)14-18(2)3/h6-7,10,12,16H,4-5,8-9,11,13-14H2,1-3H3. The van der Waals surface area contributed by atoms with Crippen LogP contribution in [0.15, 0.2) is 24.3 Å². The Kier molecular flexibility index (Phi) is 5.26. The summed E-state index contributed by atoms with van der Waals surface area (Å²) in [5, 5.41) is 0. The van der Waals surface area contributed by atoms with Crippen LogP contribution in [0.5, 0.6) is 0 Å². The Morgan fingerprint density at radius 2 is 2.05 bits per heavy atom. The Bertz CT molecular complexity index is 387. The molecule has 1 heterocycles. The molecule has 0 radical (unpaired) electrons. The van der Waals surface area contributed by atoms with Gasteiger partial charge in [-0.05, 0) is 51.4 Å². The maximum absolute atomic E-state index is 2.64. The van der Waals surface area contributed by atoms with E-state index in [0.717, 1.165) is 0 Å². The number of likely N-dealkylation sites (N-methyl/N-ethyl adjacent to an activating group) is 1. The largest absolute Gasteiger partial charge is 0.367 e. The molecule has 1 unspecified atom stereocenters. The Hall–Kier alpha value is -1.02. The molecule has 1 aliphatic heterocycles. The second-order valence-electron chi connectivity index (χ2n) is 5.98. The SMILES string of the molecule is CCCCc1ccccc1N1CCCC1CN(C)C. The molecule has 1 aliphatic rings. The summed E-state index contributed by atoms with van der Waals surface area (Å²) < 4.78 is 0. The average molecular weight is 260 g/mol. The second kappa shape index (κ2) is 6.95. The van der Waals surface area contributed by atoms with Crippen molar-refractivity contribution in [3.8, 4) is 0 Å². The number of anilines is 1. The van der Waals surface area contributed by atoms with E-state index < -0.39 is 0 Å². The van der Waals surface area contributed by atoms with E-state index in [1.54, 1.807) is 0 Å². The molecular formula is C17H28N2. The van der Waals surface area contributed by atoms with Gasteiger partial charge in [-0.2, -0.15) is 0 Å². The third kappa shape index (κ3) is 3.73. The van der Waals surface area contributed by atoms with Gasteiger partial charge >= 0.3 is 0 Å². The van der Waals surface area contributed by atoms with Gasteiger partial charge in [-0.3, -0.25) is 0 Å². The van der Waals surface area contributed by atoms with Gasteiger partial charge in [-0.15, -0.1) is 0 Å². The summed E-state index contributed by atoms with van der Waals surface area (Å²) in [5.41, 5.74) is 3.02. The van der Waals surface area contributed by atoms with Crippen molar-refractivity contribution in [2.24, 2.45) is 0 Å². The first-order valence-electron chi connectivity index (χ1n) is 7.71. The van der Waals surface area contributed by atoms with Crippen LogP contribution in [-0.2, 0) is 6.42 Å². The second-order valence-corrected chi connectivity index (χ2v) is 5.98. The van der Waals surface area contributed by atoms with Crippen molar-refractivity contribution in [3.63, 3.8) is 0 Å². The fourth-order valence-corrected chi connectivity index (χ4v) is 3.13. The van der Waals surface area contributed by atoms with E-state index in [4.69, 9.17) is 0 Å². The van der Waals surface area contributed by atoms with Crippen LogP contribution in [0.2, 0.25) is 0 Å². The van der Waals surface area contributed by atoms with Gasteiger partial charge in [-0.25, -0.2) is 0 Å². The van der Waals surface area contributed by atoms with Crippen LogP contribution >= 0.6 is 0 Å².